The lowest BCUT2D eigenvalue weighted by Gasteiger charge is -2.26. The lowest BCUT2D eigenvalue weighted by atomic mass is 10.1. The maximum absolute atomic E-state index is 11.2. The number of thiocarbonyl (C=S) groups is 1. The number of hydrazone groups is 1. The van der Waals surface area contributed by atoms with Crippen LogP contribution in [0.3, 0.4) is 0 Å². The molecule has 1 aromatic rings. The molecule has 208 valence electrons. The number of nitrogens with zero attached hydrogens (tertiary/aromatic N) is 2. The standard InChI is InChI=1S/C22H28N2O4S.C4H8.2C2H6/c1-5-7-16(2)14-24-15-20(29)27-19(23-24)9-6-8-17-10-12-18(13-11-17)28-22(3,4)21(25)26;1-3-4-2;2*1-2/h5,7,10-13H,1,6,8-9,14-15H2,2-4H3,(H,25,26);3H,1,4H2,2H3;2*1-2H3/b16-7+;;;. The van der Waals surface area contributed by atoms with E-state index in [1.165, 1.54) is 13.8 Å². The molecule has 0 fully saturated rings. The van der Waals surface area contributed by atoms with E-state index < -0.39 is 11.6 Å². The van der Waals surface area contributed by atoms with Crippen molar-refractivity contribution < 1.29 is 19.4 Å². The second-order valence-corrected chi connectivity index (χ2v) is 8.61. The van der Waals surface area contributed by atoms with Crippen LogP contribution in [0.4, 0.5) is 0 Å². The smallest absolute Gasteiger partial charge is 0.347 e. The summed E-state index contributed by atoms with van der Waals surface area (Å²) in [7, 11) is 0. The number of aliphatic carboxylic acids is 1. The summed E-state index contributed by atoms with van der Waals surface area (Å²) in [6.45, 7) is 23.5. The zero-order chi connectivity index (χ0) is 28.9. The Hall–Kier alpha value is -2.93. The van der Waals surface area contributed by atoms with Gasteiger partial charge >= 0.3 is 5.97 Å². The average molecular weight is 533 g/mol. The Morgan fingerprint density at radius 1 is 1.19 bits per heavy atom. The summed E-state index contributed by atoms with van der Waals surface area (Å²) in [5, 5.41) is 16.1. The first-order valence-electron chi connectivity index (χ1n) is 13.0. The van der Waals surface area contributed by atoms with Gasteiger partial charge in [-0.1, -0.05) is 77.1 Å². The summed E-state index contributed by atoms with van der Waals surface area (Å²) in [6, 6.07) is 7.47. The van der Waals surface area contributed by atoms with E-state index in [0.29, 0.717) is 36.2 Å². The molecular weight excluding hydrogens is 484 g/mol. The Kier molecular flexibility index (Phi) is 20.7. The Labute approximate surface area is 230 Å². The van der Waals surface area contributed by atoms with Gasteiger partial charge in [-0.2, -0.15) is 0 Å². The van der Waals surface area contributed by atoms with Crippen LogP contribution in [0.25, 0.3) is 0 Å². The first-order valence-corrected chi connectivity index (χ1v) is 13.5. The first kappa shape index (κ1) is 36.2. The molecule has 0 aliphatic carbocycles. The molecular formula is C30H48N2O4S. The van der Waals surface area contributed by atoms with Gasteiger partial charge in [-0.25, -0.2) is 4.79 Å². The molecule has 1 heterocycles. The quantitative estimate of drug-likeness (QED) is 0.177. The van der Waals surface area contributed by atoms with E-state index in [0.717, 1.165) is 30.4 Å². The average Bonchev–Trinajstić information content (AvgIpc) is 2.87. The summed E-state index contributed by atoms with van der Waals surface area (Å²) in [5.41, 5.74) is 1.02. The molecule has 0 unspecified atom stereocenters. The molecule has 0 radical (unpaired) electrons. The number of carboxylic acids is 1. The third-order valence-corrected chi connectivity index (χ3v) is 4.80. The fourth-order valence-electron chi connectivity index (χ4n) is 2.77. The van der Waals surface area contributed by atoms with Crippen molar-refractivity contribution in [3.63, 3.8) is 0 Å². The van der Waals surface area contributed by atoms with Gasteiger partial charge in [0.05, 0.1) is 6.54 Å². The second-order valence-electron chi connectivity index (χ2n) is 8.15. The highest BCUT2D eigenvalue weighted by Crippen LogP contribution is 2.20. The van der Waals surface area contributed by atoms with Gasteiger partial charge in [-0.15, -0.1) is 11.7 Å². The van der Waals surface area contributed by atoms with Gasteiger partial charge in [0.2, 0.25) is 5.90 Å². The highest BCUT2D eigenvalue weighted by Gasteiger charge is 2.29. The van der Waals surface area contributed by atoms with Crippen molar-refractivity contribution in [3.8, 4) is 5.75 Å². The number of rotatable bonds is 11. The van der Waals surface area contributed by atoms with Crippen LogP contribution in [-0.4, -0.2) is 45.7 Å². The fraction of sp³-hybridized carbons (Fsp3) is 0.500. The van der Waals surface area contributed by atoms with Crippen LogP contribution in [0.5, 0.6) is 5.75 Å². The molecule has 0 spiro atoms. The molecule has 0 atom stereocenters. The van der Waals surface area contributed by atoms with Crippen molar-refractivity contribution in [2.75, 3.05) is 13.1 Å². The van der Waals surface area contributed by atoms with Gasteiger partial charge < -0.3 is 14.6 Å². The van der Waals surface area contributed by atoms with E-state index in [4.69, 9.17) is 26.8 Å². The van der Waals surface area contributed by atoms with Crippen molar-refractivity contribution in [1.82, 2.24) is 5.01 Å². The van der Waals surface area contributed by atoms with Crippen LogP contribution < -0.4 is 4.74 Å². The topological polar surface area (TPSA) is 71.4 Å². The first-order chi connectivity index (χ1) is 17.6. The number of carbonyl (C=O) groups is 1. The number of carboxylic acid groups (broad SMARTS) is 1. The second kappa shape index (κ2) is 21.2. The molecule has 0 saturated heterocycles. The molecule has 1 aromatic carbocycles. The SMILES string of the molecule is C=C/C=C(\C)CN1CC(=S)OC(CCCc2ccc(OC(C)(C)C(=O)O)cc2)=N1.C=CCC.CC.CC. The monoisotopic (exact) mass is 532 g/mol. The molecule has 1 N–H and O–H groups in total. The lowest BCUT2D eigenvalue weighted by molar-refractivity contribution is -0.152. The summed E-state index contributed by atoms with van der Waals surface area (Å²) in [5.74, 6) is 0.165. The van der Waals surface area contributed by atoms with Crippen LogP contribution >= 0.6 is 12.2 Å². The third kappa shape index (κ3) is 16.4. The van der Waals surface area contributed by atoms with Gasteiger partial charge in [-0.3, -0.25) is 5.01 Å². The molecule has 0 amide bonds. The zero-order valence-electron chi connectivity index (χ0n) is 24.2. The van der Waals surface area contributed by atoms with E-state index in [2.05, 4.69) is 25.2 Å². The van der Waals surface area contributed by atoms with Crippen molar-refractivity contribution in [2.45, 2.75) is 86.7 Å². The fourth-order valence-corrected chi connectivity index (χ4v) is 3.01. The summed E-state index contributed by atoms with van der Waals surface area (Å²) in [4.78, 5) is 11.2. The van der Waals surface area contributed by atoms with Crippen LogP contribution in [0.1, 0.15) is 80.2 Å². The van der Waals surface area contributed by atoms with E-state index in [9.17, 15) is 4.79 Å². The molecule has 7 heteroatoms. The molecule has 0 saturated carbocycles. The minimum absolute atomic E-state index is 0.509. The van der Waals surface area contributed by atoms with Crippen LogP contribution in [-0.2, 0) is 16.0 Å². The Morgan fingerprint density at radius 2 is 1.76 bits per heavy atom. The van der Waals surface area contributed by atoms with Gasteiger partial charge in [0.25, 0.3) is 0 Å². The summed E-state index contributed by atoms with van der Waals surface area (Å²) < 4.78 is 11.1. The normalized spacial score (nSPS) is 12.6. The number of hydrogen-bond acceptors (Lipinski definition) is 6. The molecule has 0 bridgehead atoms. The van der Waals surface area contributed by atoms with Crippen molar-refractivity contribution in [1.29, 1.82) is 0 Å². The van der Waals surface area contributed by atoms with Crippen molar-refractivity contribution in [3.05, 3.63) is 66.8 Å². The molecule has 2 rings (SSSR count). The summed E-state index contributed by atoms with van der Waals surface area (Å²) in [6.07, 6.45) is 9.06. The molecule has 1 aliphatic rings. The predicted octanol–water partition coefficient (Wildman–Crippen LogP) is 7.99. The number of ether oxygens (including phenoxy) is 2. The van der Waals surface area contributed by atoms with E-state index >= 15 is 0 Å². The van der Waals surface area contributed by atoms with Crippen molar-refractivity contribution in [2.24, 2.45) is 5.10 Å². The maximum atomic E-state index is 11.2. The number of hydrogen-bond donors (Lipinski definition) is 1. The predicted molar refractivity (Wildman–Crippen MR) is 162 cm³/mol. The van der Waals surface area contributed by atoms with E-state index in [1.807, 2.05) is 63.9 Å². The number of benzene rings is 1. The van der Waals surface area contributed by atoms with Crippen LogP contribution in [0, 0.1) is 0 Å². The van der Waals surface area contributed by atoms with Gasteiger partial charge in [0, 0.05) is 6.42 Å². The highest BCUT2D eigenvalue weighted by molar-refractivity contribution is 7.80. The van der Waals surface area contributed by atoms with Crippen LogP contribution in [0.15, 0.2) is 66.3 Å². The third-order valence-electron chi connectivity index (χ3n) is 4.59. The minimum Gasteiger partial charge on any atom is -0.478 e. The molecule has 0 aromatic heterocycles. The molecule has 6 nitrogen and oxygen atoms in total. The number of aryl methyl sites for hydroxylation is 1. The van der Waals surface area contributed by atoms with Gasteiger partial charge in [0.1, 0.15) is 12.3 Å². The highest BCUT2D eigenvalue weighted by atomic mass is 32.1. The van der Waals surface area contributed by atoms with Gasteiger partial charge in [0.15, 0.2) is 10.7 Å². The Bertz CT molecular complexity index is 874. The van der Waals surface area contributed by atoms with Crippen LogP contribution in [0.2, 0.25) is 0 Å². The van der Waals surface area contributed by atoms with E-state index in [1.54, 1.807) is 18.2 Å². The van der Waals surface area contributed by atoms with Crippen molar-refractivity contribution >= 4 is 29.1 Å². The zero-order valence-corrected chi connectivity index (χ0v) is 25.0. The molecule has 1 aliphatic heterocycles. The van der Waals surface area contributed by atoms with Gasteiger partial charge in [-0.05, 0) is 69.9 Å². The summed E-state index contributed by atoms with van der Waals surface area (Å²) >= 11 is 5.26. The number of allylic oxidation sites excluding steroid dienone is 3. The molecule has 37 heavy (non-hydrogen) atoms. The van der Waals surface area contributed by atoms with E-state index in [-0.39, 0.29) is 0 Å². The maximum Gasteiger partial charge on any atom is 0.347 e. The minimum atomic E-state index is -1.26. The Balaban J connectivity index is 0. The largest absolute Gasteiger partial charge is 0.478 e. The Morgan fingerprint density at radius 3 is 2.24 bits per heavy atom. The lowest BCUT2D eigenvalue weighted by Crippen LogP contribution is -2.37.